The van der Waals surface area contributed by atoms with E-state index in [1.807, 2.05) is 12.1 Å². The van der Waals surface area contributed by atoms with Gasteiger partial charge >= 0.3 is 0 Å². The predicted molar refractivity (Wildman–Crippen MR) is 72.2 cm³/mol. The molecule has 0 radical (unpaired) electrons. The number of aliphatic hydroxyl groups excluding tert-OH is 1. The van der Waals surface area contributed by atoms with Crippen LogP contribution in [-0.4, -0.2) is 35.2 Å². The summed E-state index contributed by atoms with van der Waals surface area (Å²) in [7, 11) is 0. The van der Waals surface area contributed by atoms with E-state index in [9.17, 15) is 0 Å². The minimum Gasteiger partial charge on any atom is -0.392 e. The predicted octanol–water partition coefficient (Wildman–Crippen LogP) is 1.51. The molecule has 98 valence electrons. The first-order chi connectivity index (χ1) is 8.85. The third-order valence-corrected chi connectivity index (χ3v) is 4.05. The lowest BCUT2D eigenvalue weighted by Gasteiger charge is -2.16. The van der Waals surface area contributed by atoms with Crippen LogP contribution in [0.5, 0.6) is 0 Å². The standard InChI is InChI=1S/C15H22N2O/c18-11-13-3-1-2-12(8-13)9-16-14-6-7-17(10-14)15-4-5-15/h1-3,8,14-16,18H,4-7,9-11H2. The lowest BCUT2D eigenvalue weighted by atomic mass is 10.1. The Bertz CT molecular complexity index is 403. The third-order valence-electron chi connectivity index (χ3n) is 4.05. The highest BCUT2D eigenvalue weighted by atomic mass is 16.3. The van der Waals surface area contributed by atoms with Gasteiger partial charge < -0.3 is 10.4 Å². The Hall–Kier alpha value is -0.900. The van der Waals surface area contributed by atoms with Crippen molar-refractivity contribution in [2.24, 2.45) is 0 Å². The van der Waals surface area contributed by atoms with Crippen molar-refractivity contribution < 1.29 is 5.11 Å². The summed E-state index contributed by atoms with van der Waals surface area (Å²) in [6, 6.07) is 9.74. The van der Waals surface area contributed by atoms with Gasteiger partial charge in [0.15, 0.2) is 0 Å². The normalized spacial score (nSPS) is 24.6. The van der Waals surface area contributed by atoms with Crippen LogP contribution in [0.15, 0.2) is 24.3 Å². The number of likely N-dealkylation sites (tertiary alicyclic amines) is 1. The van der Waals surface area contributed by atoms with Crippen molar-refractivity contribution >= 4 is 0 Å². The van der Waals surface area contributed by atoms with E-state index in [4.69, 9.17) is 5.11 Å². The van der Waals surface area contributed by atoms with Crippen LogP contribution in [0.25, 0.3) is 0 Å². The fraction of sp³-hybridized carbons (Fsp3) is 0.600. The molecule has 3 rings (SSSR count). The minimum absolute atomic E-state index is 0.132. The molecule has 0 amide bonds. The fourth-order valence-electron chi connectivity index (χ4n) is 2.83. The molecular weight excluding hydrogens is 224 g/mol. The molecule has 0 aromatic heterocycles. The molecule has 18 heavy (non-hydrogen) atoms. The van der Waals surface area contributed by atoms with Gasteiger partial charge in [0, 0.05) is 31.7 Å². The molecule has 1 saturated heterocycles. The van der Waals surface area contributed by atoms with Crippen LogP contribution in [0.1, 0.15) is 30.4 Å². The molecular formula is C15H22N2O. The number of hydrogen-bond acceptors (Lipinski definition) is 3. The van der Waals surface area contributed by atoms with Crippen molar-refractivity contribution in [2.45, 2.75) is 44.5 Å². The second-order valence-corrected chi connectivity index (χ2v) is 5.57. The average molecular weight is 246 g/mol. The van der Waals surface area contributed by atoms with Gasteiger partial charge in [0.2, 0.25) is 0 Å². The maximum Gasteiger partial charge on any atom is 0.0681 e. The monoisotopic (exact) mass is 246 g/mol. The summed E-state index contributed by atoms with van der Waals surface area (Å²) in [5.41, 5.74) is 2.27. The number of nitrogens with one attached hydrogen (secondary N) is 1. The fourth-order valence-corrected chi connectivity index (χ4v) is 2.83. The lowest BCUT2D eigenvalue weighted by molar-refractivity contribution is 0.281. The molecule has 2 fully saturated rings. The zero-order chi connectivity index (χ0) is 12.4. The van der Waals surface area contributed by atoms with Gasteiger partial charge in [-0.15, -0.1) is 0 Å². The summed E-state index contributed by atoms with van der Waals surface area (Å²) in [4.78, 5) is 2.63. The molecule has 1 saturated carbocycles. The first kappa shape index (κ1) is 12.2. The average Bonchev–Trinajstić information content (AvgIpc) is 3.16. The zero-order valence-corrected chi connectivity index (χ0v) is 10.8. The molecule has 3 heteroatoms. The Morgan fingerprint density at radius 3 is 2.83 bits per heavy atom. The number of nitrogens with zero attached hydrogens (tertiary/aromatic N) is 1. The molecule has 1 atom stereocenters. The van der Waals surface area contributed by atoms with Crippen molar-refractivity contribution in [2.75, 3.05) is 13.1 Å². The quantitative estimate of drug-likeness (QED) is 0.826. The SMILES string of the molecule is OCc1cccc(CNC2CCN(C3CC3)C2)c1. The Morgan fingerprint density at radius 1 is 1.22 bits per heavy atom. The van der Waals surface area contributed by atoms with E-state index in [2.05, 4.69) is 22.3 Å². The summed E-state index contributed by atoms with van der Waals surface area (Å²) < 4.78 is 0. The van der Waals surface area contributed by atoms with Crippen molar-refractivity contribution in [3.05, 3.63) is 35.4 Å². The van der Waals surface area contributed by atoms with Gasteiger partial charge in [0.1, 0.15) is 0 Å². The number of aliphatic hydroxyl groups is 1. The second-order valence-electron chi connectivity index (χ2n) is 5.57. The smallest absolute Gasteiger partial charge is 0.0681 e. The number of hydrogen-bond donors (Lipinski definition) is 2. The van der Waals surface area contributed by atoms with E-state index in [-0.39, 0.29) is 6.61 Å². The summed E-state index contributed by atoms with van der Waals surface area (Å²) in [5.74, 6) is 0. The topological polar surface area (TPSA) is 35.5 Å². The maximum absolute atomic E-state index is 9.12. The first-order valence-electron chi connectivity index (χ1n) is 7.01. The minimum atomic E-state index is 0.132. The molecule has 1 aliphatic heterocycles. The summed E-state index contributed by atoms with van der Waals surface area (Å²) in [6.45, 7) is 3.52. The van der Waals surface area contributed by atoms with E-state index in [1.54, 1.807) is 0 Å². The van der Waals surface area contributed by atoms with Crippen LogP contribution in [-0.2, 0) is 13.2 Å². The van der Waals surface area contributed by atoms with E-state index in [0.29, 0.717) is 6.04 Å². The van der Waals surface area contributed by atoms with Crippen molar-refractivity contribution in [3.63, 3.8) is 0 Å². The maximum atomic E-state index is 9.12. The number of rotatable bonds is 5. The molecule has 2 N–H and O–H groups in total. The molecule has 0 spiro atoms. The molecule has 1 unspecified atom stereocenters. The summed E-state index contributed by atoms with van der Waals surface area (Å²) in [6.07, 6.45) is 4.09. The molecule has 1 aromatic rings. The van der Waals surface area contributed by atoms with E-state index in [0.717, 1.165) is 18.2 Å². The van der Waals surface area contributed by atoms with Crippen LogP contribution in [0.3, 0.4) is 0 Å². The molecule has 1 aromatic carbocycles. The highest BCUT2D eigenvalue weighted by molar-refractivity contribution is 5.22. The Labute approximate surface area is 109 Å². The van der Waals surface area contributed by atoms with Crippen LogP contribution in [0.4, 0.5) is 0 Å². The molecule has 0 bridgehead atoms. The van der Waals surface area contributed by atoms with E-state index >= 15 is 0 Å². The summed E-state index contributed by atoms with van der Waals surface area (Å²) in [5, 5.41) is 12.8. The molecule has 1 aliphatic carbocycles. The van der Waals surface area contributed by atoms with Gasteiger partial charge in [-0.05, 0) is 30.4 Å². The zero-order valence-electron chi connectivity index (χ0n) is 10.8. The molecule has 3 nitrogen and oxygen atoms in total. The van der Waals surface area contributed by atoms with Crippen LogP contribution in [0, 0.1) is 0 Å². The van der Waals surface area contributed by atoms with Gasteiger partial charge in [-0.2, -0.15) is 0 Å². The van der Waals surface area contributed by atoms with E-state index in [1.165, 1.54) is 37.9 Å². The third kappa shape index (κ3) is 2.91. The Balaban J connectivity index is 1.48. The van der Waals surface area contributed by atoms with Crippen LogP contribution >= 0.6 is 0 Å². The lowest BCUT2D eigenvalue weighted by Crippen LogP contribution is -2.32. The van der Waals surface area contributed by atoms with Gasteiger partial charge in [0.25, 0.3) is 0 Å². The van der Waals surface area contributed by atoms with Crippen molar-refractivity contribution in [1.29, 1.82) is 0 Å². The largest absolute Gasteiger partial charge is 0.392 e. The highest BCUT2D eigenvalue weighted by Gasteiger charge is 2.33. The first-order valence-corrected chi connectivity index (χ1v) is 7.01. The second kappa shape index (κ2) is 5.39. The van der Waals surface area contributed by atoms with Gasteiger partial charge in [-0.1, -0.05) is 24.3 Å². The summed E-state index contributed by atoms with van der Waals surface area (Å²) >= 11 is 0. The van der Waals surface area contributed by atoms with E-state index < -0.39 is 0 Å². The van der Waals surface area contributed by atoms with Crippen LogP contribution in [0.2, 0.25) is 0 Å². The molecule has 1 heterocycles. The van der Waals surface area contributed by atoms with Gasteiger partial charge in [0.05, 0.1) is 6.61 Å². The number of benzene rings is 1. The van der Waals surface area contributed by atoms with Gasteiger partial charge in [-0.25, -0.2) is 0 Å². The van der Waals surface area contributed by atoms with Gasteiger partial charge in [-0.3, -0.25) is 4.90 Å². The van der Waals surface area contributed by atoms with Crippen LogP contribution < -0.4 is 5.32 Å². The Morgan fingerprint density at radius 2 is 2.06 bits per heavy atom. The molecule has 2 aliphatic rings. The highest BCUT2D eigenvalue weighted by Crippen LogP contribution is 2.29. The Kier molecular flexibility index (Phi) is 3.64. The van der Waals surface area contributed by atoms with Crippen molar-refractivity contribution in [3.8, 4) is 0 Å². The van der Waals surface area contributed by atoms with Crippen molar-refractivity contribution in [1.82, 2.24) is 10.2 Å².